The fraction of sp³-hybridized carbons (Fsp3) is 0.360. The Balaban J connectivity index is 1.46. The second kappa shape index (κ2) is 9.54. The van der Waals surface area contributed by atoms with Crippen molar-refractivity contribution in [3.63, 3.8) is 0 Å². The van der Waals surface area contributed by atoms with Gasteiger partial charge in [0.15, 0.2) is 0 Å². The van der Waals surface area contributed by atoms with Crippen LogP contribution in [0.25, 0.3) is 10.9 Å². The lowest BCUT2D eigenvalue weighted by Gasteiger charge is -2.36. The summed E-state index contributed by atoms with van der Waals surface area (Å²) in [5.74, 6) is -0.172. The van der Waals surface area contributed by atoms with Crippen LogP contribution in [0.1, 0.15) is 21.6 Å². The number of aromatic nitrogens is 1. The molecule has 0 unspecified atom stereocenters. The van der Waals surface area contributed by atoms with Crippen LogP contribution in [0.2, 0.25) is 0 Å². The van der Waals surface area contributed by atoms with Crippen molar-refractivity contribution in [2.45, 2.75) is 13.8 Å². The smallest absolute Gasteiger partial charge is 0.356 e. The number of anilines is 2. The number of methoxy groups -OCH3 is 2. The van der Waals surface area contributed by atoms with E-state index in [1.54, 1.807) is 13.2 Å². The Kier molecular flexibility index (Phi) is 6.55. The second-order valence-corrected chi connectivity index (χ2v) is 8.35. The largest absolute Gasteiger partial charge is 0.496 e. The molecule has 1 amide bonds. The van der Waals surface area contributed by atoms with Crippen LogP contribution in [0.5, 0.6) is 5.75 Å². The van der Waals surface area contributed by atoms with E-state index in [1.807, 2.05) is 12.1 Å². The molecular weight excluding hydrogens is 420 g/mol. The average Bonchev–Trinajstić information content (AvgIpc) is 3.19. The van der Waals surface area contributed by atoms with Gasteiger partial charge in [0.1, 0.15) is 11.4 Å². The van der Waals surface area contributed by atoms with Crippen molar-refractivity contribution in [1.82, 2.24) is 9.88 Å². The molecule has 174 valence electrons. The summed E-state index contributed by atoms with van der Waals surface area (Å²) in [6.45, 7) is 7.74. The van der Waals surface area contributed by atoms with Gasteiger partial charge in [-0.05, 0) is 43.2 Å². The van der Waals surface area contributed by atoms with E-state index in [0.29, 0.717) is 22.3 Å². The fourth-order valence-electron chi connectivity index (χ4n) is 4.35. The highest BCUT2D eigenvalue weighted by molar-refractivity contribution is 6.13. The molecule has 4 rings (SSSR count). The molecule has 3 aromatic rings. The quantitative estimate of drug-likeness (QED) is 0.560. The first kappa shape index (κ1) is 22.7. The molecule has 8 heteroatoms. The van der Waals surface area contributed by atoms with Crippen molar-refractivity contribution >= 4 is 34.2 Å². The number of H-pyrrole nitrogens is 1. The van der Waals surface area contributed by atoms with E-state index in [0.717, 1.165) is 26.2 Å². The van der Waals surface area contributed by atoms with Gasteiger partial charge in [0, 0.05) is 31.9 Å². The van der Waals surface area contributed by atoms with E-state index in [2.05, 4.69) is 52.1 Å². The summed E-state index contributed by atoms with van der Waals surface area (Å²) in [6, 6.07) is 11.9. The molecule has 0 spiro atoms. The molecule has 2 N–H and O–H groups in total. The Labute approximate surface area is 193 Å². The summed E-state index contributed by atoms with van der Waals surface area (Å²) in [6.07, 6.45) is 0. The number of ether oxygens (including phenoxy) is 2. The lowest BCUT2D eigenvalue weighted by Crippen LogP contribution is -2.48. The minimum atomic E-state index is -0.550. The Morgan fingerprint density at radius 1 is 1.06 bits per heavy atom. The minimum Gasteiger partial charge on any atom is -0.496 e. The topological polar surface area (TPSA) is 86.9 Å². The van der Waals surface area contributed by atoms with Gasteiger partial charge in [-0.15, -0.1) is 0 Å². The van der Waals surface area contributed by atoms with Crippen LogP contribution >= 0.6 is 0 Å². The third kappa shape index (κ3) is 4.66. The summed E-state index contributed by atoms with van der Waals surface area (Å²) in [5.41, 5.74) is 5.03. The van der Waals surface area contributed by atoms with E-state index < -0.39 is 5.97 Å². The zero-order valence-corrected chi connectivity index (χ0v) is 19.5. The first-order chi connectivity index (χ1) is 15.9. The molecule has 2 heterocycles. The SMILES string of the molecule is COC(=O)c1[nH]c2cccc(OC)c2c1NC(=O)CN1CCN(c2cc(C)ccc2C)CC1. The Morgan fingerprint density at radius 2 is 1.82 bits per heavy atom. The first-order valence-corrected chi connectivity index (χ1v) is 11.0. The number of carbonyl (C=O) groups is 2. The molecule has 0 saturated carbocycles. The number of fused-ring (bicyclic) bond motifs is 1. The summed E-state index contributed by atoms with van der Waals surface area (Å²) in [5, 5.41) is 3.57. The summed E-state index contributed by atoms with van der Waals surface area (Å²) in [7, 11) is 2.87. The normalized spacial score (nSPS) is 14.4. The lowest BCUT2D eigenvalue weighted by atomic mass is 10.1. The van der Waals surface area contributed by atoms with Crippen LogP contribution in [0, 0.1) is 13.8 Å². The van der Waals surface area contributed by atoms with Gasteiger partial charge in [-0.25, -0.2) is 4.79 Å². The minimum absolute atomic E-state index is 0.188. The number of hydrogen-bond acceptors (Lipinski definition) is 6. The number of carbonyl (C=O) groups excluding carboxylic acids is 2. The molecule has 0 aliphatic carbocycles. The third-order valence-corrected chi connectivity index (χ3v) is 6.10. The van der Waals surface area contributed by atoms with Crippen molar-refractivity contribution < 1.29 is 19.1 Å². The predicted octanol–water partition coefficient (Wildman–Crippen LogP) is 3.34. The third-order valence-electron chi connectivity index (χ3n) is 6.10. The second-order valence-electron chi connectivity index (χ2n) is 8.35. The van der Waals surface area contributed by atoms with Crippen molar-refractivity contribution in [2.75, 3.05) is 57.2 Å². The Morgan fingerprint density at radius 3 is 2.52 bits per heavy atom. The van der Waals surface area contributed by atoms with Gasteiger partial charge in [0.05, 0.1) is 37.4 Å². The van der Waals surface area contributed by atoms with Gasteiger partial charge in [-0.3, -0.25) is 9.69 Å². The van der Waals surface area contributed by atoms with E-state index in [-0.39, 0.29) is 18.1 Å². The van der Waals surface area contributed by atoms with Gasteiger partial charge in [0.25, 0.3) is 0 Å². The average molecular weight is 451 g/mol. The molecule has 1 fully saturated rings. The lowest BCUT2D eigenvalue weighted by molar-refractivity contribution is -0.117. The van der Waals surface area contributed by atoms with Gasteiger partial charge in [-0.1, -0.05) is 18.2 Å². The number of piperazine rings is 1. The van der Waals surface area contributed by atoms with E-state index in [1.165, 1.54) is 23.9 Å². The van der Waals surface area contributed by atoms with E-state index in [9.17, 15) is 9.59 Å². The highest BCUT2D eigenvalue weighted by Crippen LogP contribution is 2.35. The molecule has 8 nitrogen and oxygen atoms in total. The van der Waals surface area contributed by atoms with Crippen molar-refractivity contribution in [2.24, 2.45) is 0 Å². The Bertz CT molecular complexity index is 1180. The number of esters is 1. The number of amides is 1. The van der Waals surface area contributed by atoms with Gasteiger partial charge >= 0.3 is 5.97 Å². The van der Waals surface area contributed by atoms with Crippen LogP contribution in [0.3, 0.4) is 0 Å². The standard InChI is InChI=1S/C25H30N4O4/c1-16-8-9-17(2)19(14-16)29-12-10-28(11-13-29)15-21(30)27-23-22-18(6-5-7-20(22)32-3)26-24(23)25(31)33-4/h5-9,14,26H,10-13,15H2,1-4H3,(H,27,30). The number of aromatic amines is 1. The maximum Gasteiger partial charge on any atom is 0.356 e. The first-order valence-electron chi connectivity index (χ1n) is 11.0. The van der Waals surface area contributed by atoms with Crippen molar-refractivity contribution in [3.05, 3.63) is 53.2 Å². The predicted molar refractivity (Wildman–Crippen MR) is 129 cm³/mol. The highest BCUT2D eigenvalue weighted by atomic mass is 16.5. The molecular formula is C25H30N4O4. The number of rotatable bonds is 6. The molecule has 33 heavy (non-hydrogen) atoms. The molecule has 0 atom stereocenters. The number of nitrogens with one attached hydrogen (secondary N) is 2. The molecule has 0 bridgehead atoms. The van der Waals surface area contributed by atoms with Crippen LogP contribution in [0.15, 0.2) is 36.4 Å². The highest BCUT2D eigenvalue weighted by Gasteiger charge is 2.25. The van der Waals surface area contributed by atoms with Crippen LogP contribution in [0.4, 0.5) is 11.4 Å². The van der Waals surface area contributed by atoms with Crippen LogP contribution in [-0.2, 0) is 9.53 Å². The van der Waals surface area contributed by atoms with Crippen molar-refractivity contribution in [1.29, 1.82) is 0 Å². The summed E-state index contributed by atoms with van der Waals surface area (Å²) in [4.78, 5) is 32.8. The van der Waals surface area contributed by atoms with Gasteiger partial charge < -0.3 is 24.7 Å². The molecule has 0 radical (unpaired) electrons. The molecule has 1 aliphatic rings. The molecule has 1 aliphatic heterocycles. The molecule has 2 aromatic carbocycles. The van der Waals surface area contributed by atoms with Crippen LogP contribution < -0.4 is 15.0 Å². The van der Waals surface area contributed by atoms with E-state index >= 15 is 0 Å². The summed E-state index contributed by atoms with van der Waals surface area (Å²) < 4.78 is 10.4. The monoisotopic (exact) mass is 450 g/mol. The van der Waals surface area contributed by atoms with E-state index in [4.69, 9.17) is 9.47 Å². The Hall–Kier alpha value is -3.52. The zero-order valence-electron chi connectivity index (χ0n) is 19.5. The summed E-state index contributed by atoms with van der Waals surface area (Å²) >= 11 is 0. The zero-order chi connectivity index (χ0) is 23.5. The number of aryl methyl sites for hydroxylation is 2. The number of hydrogen-bond donors (Lipinski definition) is 2. The molecule has 1 saturated heterocycles. The number of benzene rings is 2. The van der Waals surface area contributed by atoms with Gasteiger partial charge in [0.2, 0.25) is 5.91 Å². The van der Waals surface area contributed by atoms with Gasteiger partial charge in [-0.2, -0.15) is 0 Å². The fourth-order valence-corrected chi connectivity index (χ4v) is 4.35. The maximum atomic E-state index is 13.0. The maximum absolute atomic E-state index is 13.0. The molecule has 1 aromatic heterocycles. The number of nitrogens with zero attached hydrogens (tertiary/aromatic N) is 2. The van der Waals surface area contributed by atoms with Crippen LogP contribution in [-0.4, -0.2) is 68.7 Å². The van der Waals surface area contributed by atoms with Crippen molar-refractivity contribution in [3.8, 4) is 5.75 Å².